The second-order valence-corrected chi connectivity index (χ2v) is 6.88. The van der Waals surface area contributed by atoms with Gasteiger partial charge in [0.05, 0.1) is 14.2 Å². The summed E-state index contributed by atoms with van der Waals surface area (Å²) in [7, 11) is 3.14. The number of aryl methyl sites for hydroxylation is 1. The van der Waals surface area contributed by atoms with Crippen molar-refractivity contribution in [3.8, 4) is 11.5 Å². The summed E-state index contributed by atoms with van der Waals surface area (Å²) in [5, 5.41) is 11.3. The van der Waals surface area contributed by atoms with E-state index in [1.165, 1.54) is 11.3 Å². The second kappa shape index (κ2) is 6.72. The maximum Gasteiger partial charge on any atom is 0.267 e. The molecule has 0 atom stereocenters. The van der Waals surface area contributed by atoms with Gasteiger partial charge in [0.1, 0.15) is 22.2 Å². The molecule has 0 aliphatic rings. The van der Waals surface area contributed by atoms with Crippen molar-refractivity contribution in [2.75, 3.05) is 19.5 Å². The van der Waals surface area contributed by atoms with Gasteiger partial charge in [0, 0.05) is 35.5 Å². The van der Waals surface area contributed by atoms with Gasteiger partial charge in [-0.25, -0.2) is 0 Å². The zero-order valence-electron chi connectivity index (χ0n) is 14.8. The number of hydrogen-bond acceptors (Lipinski definition) is 6. The van der Waals surface area contributed by atoms with Gasteiger partial charge in [0.25, 0.3) is 5.91 Å². The molecule has 0 saturated heterocycles. The number of fused-ring (bicyclic) bond motifs is 1. The first kappa shape index (κ1) is 17.2. The SMILES string of the molecule is COc1cc(NC(=O)c2sc3nnc(C(C)C)n3c2C)cc(OC)c1. The van der Waals surface area contributed by atoms with E-state index in [9.17, 15) is 4.79 Å². The Hall–Kier alpha value is -2.61. The summed E-state index contributed by atoms with van der Waals surface area (Å²) in [5.41, 5.74) is 1.44. The zero-order valence-corrected chi connectivity index (χ0v) is 15.6. The quantitative estimate of drug-likeness (QED) is 0.753. The van der Waals surface area contributed by atoms with Crippen LogP contribution in [0.4, 0.5) is 5.69 Å². The molecule has 2 aromatic heterocycles. The third-order valence-electron chi connectivity index (χ3n) is 3.85. The van der Waals surface area contributed by atoms with Gasteiger partial charge in [-0.1, -0.05) is 25.2 Å². The predicted octanol–water partition coefficient (Wildman–Crippen LogP) is 3.49. The molecule has 3 rings (SSSR count). The molecular weight excluding hydrogens is 340 g/mol. The summed E-state index contributed by atoms with van der Waals surface area (Å²) in [6.07, 6.45) is 0. The Bertz CT molecular complexity index is 907. The van der Waals surface area contributed by atoms with Gasteiger partial charge < -0.3 is 14.8 Å². The number of carbonyl (C=O) groups is 1. The third kappa shape index (κ3) is 3.17. The van der Waals surface area contributed by atoms with E-state index in [4.69, 9.17) is 9.47 Å². The number of nitrogens with zero attached hydrogens (tertiary/aromatic N) is 3. The van der Waals surface area contributed by atoms with E-state index in [1.807, 2.05) is 11.3 Å². The monoisotopic (exact) mass is 360 g/mol. The highest BCUT2D eigenvalue weighted by atomic mass is 32.1. The molecule has 1 amide bonds. The van der Waals surface area contributed by atoms with Crippen LogP contribution in [0, 0.1) is 6.92 Å². The number of anilines is 1. The van der Waals surface area contributed by atoms with Crippen LogP contribution >= 0.6 is 11.3 Å². The fourth-order valence-electron chi connectivity index (χ4n) is 2.58. The Morgan fingerprint density at radius 3 is 2.36 bits per heavy atom. The lowest BCUT2D eigenvalue weighted by molar-refractivity contribution is 0.102. The van der Waals surface area contributed by atoms with E-state index < -0.39 is 0 Å². The highest BCUT2D eigenvalue weighted by Gasteiger charge is 2.21. The molecule has 0 bridgehead atoms. The van der Waals surface area contributed by atoms with E-state index in [1.54, 1.807) is 32.4 Å². The van der Waals surface area contributed by atoms with Gasteiger partial charge in [0.2, 0.25) is 4.96 Å². The van der Waals surface area contributed by atoms with E-state index in [2.05, 4.69) is 29.4 Å². The van der Waals surface area contributed by atoms with Crippen molar-refractivity contribution >= 4 is 27.9 Å². The number of rotatable bonds is 5. The number of methoxy groups -OCH3 is 2. The average Bonchev–Trinajstić information content (AvgIpc) is 3.15. The molecule has 8 heteroatoms. The molecule has 7 nitrogen and oxygen atoms in total. The Morgan fingerprint density at radius 1 is 1.16 bits per heavy atom. The van der Waals surface area contributed by atoms with Crippen molar-refractivity contribution < 1.29 is 14.3 Å². The van der Waals surface area contributed by atoms with Crippen molar-refractivity contribution in [2.45, 2.75) is 26.7 Å². The zero-order chi connectivity index (χ0) is 18.1. The molecule has 0 aliphatic carbocycles. The molecule has 2 heterocycles. The summed E-state index contributed by atoms with van der Waals surface area (Å²) in [6, 6.07) is 5.24. The highest BCUT2D eigenvalue weighted by Crippen LogP contribution is 2.29. The largest absolute Gasteiger partial charge is 0.497 e. The lowest BCUT2D eigenvalue weighted by Gasteiger charge is -2.09. The Balaban J connectivity index is 1.94. The lowest BCUT2D eigenvalue weighted by Crippen LogP contribution is -2.12. The molecule has 0 aliphatic heterocycles. The van der Waals surface area contributed by atoms with E-state index in [-0.39, 0.29) is 11.8 Å². The third-order valence-corrected chi connectivity index (χ3v) is 4.98. The molecule has 0 fully saturated rings. The average molecular weight is 360 g/mol. The number of ether oxygens (including phenoxy) is 2. The summed E-state index contributed by atoms with van der Waals surface area (Å²) < 4.78 is 12.4. The van der Waals surface area contributed by atoms with E-state index in [0.29, 0.717) is 22.1 Å². The second-order valence-electron chi connectivity index (χ2n) is 5.90. The van der Waals surface area contributed by atoms with Crippen LogP contribution in [-0.4, -0.2) is 34.7 Å². The summed E-state index contributed by atoms with van der Waals surface area (Å²) in [4.78, 5) is 14.1. The first-order chi connectivity index (χ1) is 11.9. The van der Waals surface area contributed by atoms with Gasteiger partial charge in [0.15, 0.2) is 0 Å². The maximum absolute atomic E-state index is 12.7. The van der Waals surface area contributed by atoms with Gasteiger partial charge in [-0.2, -0.15) is 0 Å². The number of carbonyl (C=O) groups excluding carboxylic acids is 1. The van der Waals surface area contributed by atoms with Crippen LogP contribution < -0.4 is 14.8 Å². The van der Waals surface area contributed by atoms with Crippen LogP contribution in [-0.2, 0) is 0 Å². The maximum atomic E-state index is 12.7. The van der Waals surface area contributed by atoms with Crippen molar-refractivity contribution in [3.63, 3.8) is 0 Å². The van der Waals surface area contributed by atoms with Gasteiger partial charge in [-0.05, 0) is 6.92 Å². The molecule has 0 spiro atoms. The number of thiazole rings is 1. The van der Waals surface area contributed by atoms with Crippen LogP contribution in [0.1, 0.15) is 41.0 Å². The summed E-state index contributed by atoms with van der Waals surface area (Å²) in [6.45, 7) is 6.01. The number of aromatic nitrogens is 3. The minimum atomic E-state index is -0.196. The van der Waals surface area contributed by atoms with Crippen molar-refractivity contribution in [3.05, 3.63) is 34.6 Å². The molecule has 1 N–H and O–H groups in total. The van der Waals surface area contributed by atoms with Crippen molar-refractivity contribution in [1.29, 1.82) is 0 Å². The molecule has 0 unspecified atom stereocenters. The van der Waals surface area contributed by atoms with Crippen LogP contribution in [0.15, 0.2) is 18.2 Å². The minimum absolute atomic E-state index is 0.196. The number of nitrogens with one attached hydrogen (secondary N) is 1. The first-order valence-corrected chi connectivity index (χ1v) is 8.65. The van der Waals surface area contributed by atoms with E-state index in [0.717, 1.165) is 16.5 Å². The van der Waals surface area contributed by atoms with Crippen molar-refractivity contribution in [1.82, 2.24) is 14.6 Å². The molecule has 3 aromatic rings. The Kier molecular flexibility index (Phi) is 4.63. The molecule has 25 heavy (non-hydrogen) atoms. The van der Waals surface area contributed by atoms with E-state index >= 15 is 0 Å². The topological polar surface area (TPSA) is 77.8 Å². The fraction of sp³-hybridized carbons (Fsp3) is 0.353. The molecule has 1 aromatic carbocycles. The van der Waals surface area contributed by atoms with Crippen LogP contribution in [0.5, 0.6) is 11.5 Å². The van der Waals surface area contributed by atoms with Gasteiger partial charge in [-0.3, -0.25) is 9.20 Å². The Morgan fingerprint density at radius 2 is 1.80 bits per heavy atom. The normalized spacial score (nSPS) is 11.1. The number of amides is 1. The highest BCUT2D eigenvalue weighted by molar-refractivity contribution is 7.19. The fourth-order valence-corrected chi connectivity index (χ4v) is 3.55. The Labute approximate surface area is 149 Å². The minimum Gasteiger partial charge on any atom is -0.497 e. The lowest BCUT2D eigenvalue weighted by atomic mass is 10.2. The standard InChI is InChI=1S/C17H20N4O3S/c1-9(2)15-19-20-17-21(15)10(3)14(25-17)16(22)18-11-6-12(23-4)8-13(7-11)24-5/h6-9H,1-5H3,(H,18,22). The summed E-state index contributed by atoms with van der Waals surface area (Å²) in [5.74, 6) is 2.10. The molecule has 0 saturated carbocycles. The van der Waals surface area contributed by atoms with Gasteiger partial charge in [-0.15, -0.1) is 10.2 Å². The van der Waals surface area contributed by atoms with Crippen LogP contribution in [0.2, 0.25) is 0 Å². The predicted molar refractivity (Wildman–Crippen MR) is 97.2 cm³/mol. The smallest absolute Gasteiger partial charge is 0.267 e. The van der Waals surface area contributed by atoms with Gasteiger partial charge >= 0.3 is 0 Å². The summed E-state index contributed by atoms with van der Waals surface area (Å²) >= 11 is 1.32. The van der Waals surface area contributed by atoms with Crippen LogP contribution in [0.25, 0.3) is 4.96 Å². The first-order valence-electron chi connectivity index (χ1n) is 7.83. The van der Waals surface area contributed by atoms with Crippen LogP contribution in [0.3, 0.4) is 0 Å². The molecule has 0 radical (unpaired) electrons. The number of benzene rings is 1. The molecular formula is C17H20N4O3S. The molecule has 132 valence electrons. The van der Waals surface area contributed by atoms with Crippen molar-refractivity contribution in [2.24, 2.45) is 0 Å². The number of hydrogen-bond donors (Lipinski definition) is 1.